The fraction of sp³-hybridized carbons (Fsp3) is 0.600. The third-order valence-electron chi connectivity index (χ3n) is 2.98. The second-order valence-electron chi connectivity index (χ2n) is 4.96. The van der Waals surface area contributed by atoms with E-state index in [-0.39, 0.29) is 0 Å². The van der Waals surface area contributed by atoms with Gasteiger partial charge in [0.2, 0.25) is 0 Å². The molecule has 18 heavy (non-hydrogen) atoms. The van der Waals surface area contributed by atoms with Crippen molar-refractivity contribution in [2.75, 3.05) is 33.8 Å². The lowest BCUT2D eigenvalue weighted by atomic mass is 10.1. The molecule has 1 unspecified atom stereocenters. The summed E-state index contributed by atoms with van der Waals surface area (Å²) in [5.41, 5.74) is 1.33. The molecule has 0 bridgehead atoms. The van der Waals surface area contributed by atoms with Crippen LogP contribution in [0.5, 0.6) is 5.75 Å². The quantitative estimate of drug-likeness (QED) is 0.766. The van der Waals surface area contributed by atoms with Gasteiger partial charge in [-0.1, -0.05) is 26.0 Å². The third-order valence-corrected chi connectivity index (χ3v) is 2.98. The molecule has 0 aliphatic carbocycles. The second kappa shape index (κ2) is 8.11. The Balaban J connectivity index is 2.36. The first kappa shape index (κ1) is 15.0. The van der Waals surface area contributed by atoms with Crippen LogP contribution in [0.4, 0.5) is 0 Å². The highest BCUT2D eigenvalue weighted by Crippen LogP contribution is 2.12. The van der Waals surface area contributed by atoms with E-state index in [1.807, 2.05) is 12.1 Å². The summed E-state index contributed by atoms with van der Waals surface area (Å²) >= 11 is 0. The summed E-state index contributed by atoms with van der Waals surface area (Å²) in [6.45, 7) is 8.66. The van der Waals surface area contributed by atoms with Gasteiger partial charge in [-0.15, -0.1) is 0 Å². The molecule has 0 amide bonds. The van der Waals surface area contributed by atoms with Gasteiger partial charge < -0.3 is 15.0 Å². The molecule has 1 atom stereocenters. The molecule has 1 aromatic carbocycles. The van der Waals surface area contributed by atoms with Crippen molar-refractivity contribution >= 4 is 0 Å². The SMILES string of the molecule is CCNCC(C)CN(C)Cc1ccc(OC)cc1. The number of nitrogens with one attached hydrogen (secondary N) is 1. The van der Waals surface area contributed by atoms with Gasteiger partial charge in [0.05, 0.1) is 7.11 Å². The van der Waals surface area contributed by atoms with Crippen LogP contribution in [0.2, 0.25) is 0 Å². The summed E-state index contributed by atoms with van der Waals surface area (Å²) in [4.78, 5) is 2.36. The number of hydrogen-bond acceptors (Lipinski definition) is 3. The molecule has 0 heterocycles. The molecular weight excluding hydrogens is 224 g/mol. The summed E-state index contributed by atoms with van der Waals surface area (Å²) in [6.07, 6.45) is 0. The topological polar surface area (TPSA) is 24.5 Å². The molecule has 0 radical (unpaired) electrons. The Kier molecular flexibility index (Phi) is 6.76. The van der Waals surface area contributed by atoms with E-state index in [4.69, 9.17) is 4.74 Å². The molecule has 1 rings (SSSR count). The van der Waals surface area contributed by atoms with Gasteiger partial charge in [-0.05, 0) is 43.8 Å². The maximum atomic E-state index is 5.16. The first-order valence-electron chi connectivity index (χ1n) is 6.68. The van der Waals surface area contributed by atoms with Gasteiger partial charge in [-0.2, -0.15) is 0 Å². The van der Waals surface area contributed by atoms with Crippen LogP contribution in [-0.2, 0) is 6.54 Å². The number of ether oxygens (including phenoxy) is 1. The van der Waals surface area contributed by atoms with Crippen LogP contribution in [0.15, 0.2) is 24.3 Å². The van der Waals surface area contributed by atoms with Gasteiger partial charge in [-0.3, -0.25) is 0 Å². The molecule has 0 aliphatic rings. The first-order valence-corrected chi connectivity index (χ1v) is 6.68. The predicted octanol–water partition coefficient (Wildman–Crippen LogP) is 2.37. The maximum Gasteiger partial charge on any atom is 0.118 e. The number of methoxy groups -OCH3 is 1. The normalized spacial score (nSPS) is 12.7. The van der Waals surface area contributed by atoms with Gasteiger partial charge >= 0.3 is 0 Å². The lowest BCUT2D eigenvalue weighted by Gasteiger charge is -2.21. The summed E-state index contributed by atoms with van der Waals surface area (Å²) in [6, 6.07) is 8.30. The number of benzene rings is 1. The zero-order valence-corrected chi connectivity index (χ0v) is 12.1. The van der Waals surface area contributed by atoms with Gasteiger partial charge in [0, 0.05) is 13.1 Å². The second-order valence-corrected chi connectivity index (χ2v) is 4.96. The van der Waals surface area contributed by atoms with Crippen LogP contribution in [0.1, 0.15) is 19.4 Å². The molecule has 0 saturated carbocycles. The van der Waals surface area contributed by atoms with E-state index in [2.05, 4.69) is 43.2 Å². The van der Waals surface area contributed by atoms with E-state index >= 15 is 0 Å². The van der Waals surface area contributed by atoms with Crippen molar-refractivity contribution < 1.29 is 4.74 Å². The molecule has 1 N–H and O–H groups in total. The minimum Gasteiger partial charge on any atom is -0.497 e. The van der Waals surface area contributed by atoms with Gasteiger partial charge in [0.1, 0.15) is 5.75 Å². The summed E-state index contributed by atoms with van der Waals surface area (Å²) in [5, 5.41) is 3.39. The van der Waals surface area contributed by atoms with Crippen molar-refractivity contribution in [3.8, 4) is 5.75 Å². The van der Waals surface area contributed by atoms with Crippen LogP contribution in [0.3, 0.4) is 0 Å². The monoisotopic (exact) mass is 250 g/mol. The molecule has 102 valence electrons. The highest BCUT2D eigenvalue weighted by molar-refractivity contribution is 5.26. The Bertz CT molecular complexity index is 324. The minimum atomic E-state index is 0.674. The lowest BCUT2D eigenvalue weighted by Crippen LogP contribution is -2.30. The van der Waals surface area contributed by atoms with Gasteiger partial charge in [-0.25, -0.2) is 0 Å². The highest BCUT2D eigenvalue weighted by Gasteiger charge is 2.06. The van der Waals surface area contributed by atoms with E-state index in [1.54, 1.807) is 7.11 Å². The van der Waals surface area contributed by atoms with Crippen molar-refractivity contribution in [3.63, 3.8) is 0 Å². The van der Waals surface area contributed by atoms with Crippen molar-refractivity contribution in [3.05, 3.63) is 29.8 Å². The van der Waals surface area contributed by atoms with Gasteiger partial charge in [0.25, 0.3) is 0 Å². The summed E-state index contributed by atoms with van der Waals surface area (Å²) in [7, 11) is 3.87. The lowest BCUT2D eigenvalue weighted by molar-refractivity contribution is 0.274. The Hall–Kier alpha value is -1.06. The molecule has 3 nitrogen and oxygen atoms in total. The average Bonchev–Trinajstić information content (AvgIpc) is 2.37. The third kappa shape index (κ3) is 5.52. The number of hydrogen-bond donors (Lipinski definition) is 1. The van der Waals surface area contributed by atoms with E-state index in [9.17, 15) is 0 Å². The Morgan fingerprint density at radius 1 is 1.28 bits per heavy atom. The number of rotatable bonds is 8. The molecular formula is C15H26N2O. The minimum absolute atomic E-state index is 0.674. The standard InChI is InChI=1S/C15H26N2O/c1-5-16-10-13(2)11-17(3)12-14-6-8-15(18-4)9-7-14/h6-9,13,16H,5,10-12H2,1-4H3. The van der Waals surface area contributed by atoms with Crippen molar-refractivity contribution in [1.29, 1.82) is 0 Å². The van der Waals surface area contributed by atoms with Crippen LogP contribution < -0.4 is 10.1 Å². The van der Waals surface area contributed by atoms with Crippen LogP contribution in [0, 0.1) is 5.92 Å². The largest absolute Gasteiger partial charge is 0.497 e. The Labute approximate surface area is 111 Å². The van der Waals surface area contributed by atoms with Crippen LogP contribution in [-0.4, -0.2) is 38.7 Å². The zero-order valence-electron chi connectivity index (χ0n) is 12.1. The molecule has 0 aliphatic heterocycles. The number of nitrogens with zero attached hydrogens (tertiary/aromatic N) is 1. The fourth-order valence-corrected chi connectivity index (χ4v) is 2.09. The summed E-state index contributed by atoms with van der Waals surface area (Å²) in [5.74, 6) is 1.59. The smallest absolute Gasteiger partial charge is 0.118 e. The van der Waals surface area contributed by atoms with Crippen molar-refractivity contribution in [2.45, 2.75) is 20.4 Å². The average molecular weight is 250 g/mol. The van der Waals surface area contributed by atoms with E-state index in [0.717, 1.165) is 31.9 Å². The molecule has 0 aromatic heterocycles. The maximum absolute atomic E-state index is 5.16. The highest BCUT2D eigenvalue weighted by atomic mass is 16.5. The van der Waals surface area contributed by atoms with Gasteiger partial charge in [0.15, 0.2) is 0 Å². The molecule has 3 heteroatoms. The van der Waals surface area contributed by atoms with E-state index < -0.39 is 0 Å². The van der Waals surface area contributed by atoms with Crippen molar-refractivity contribution in [2.24, 2.45) is 5.92 Å². The fourth-order valence-electron chi connectivity index (χ4n) is 2.09. The van der Waals surface area contributed by atoms with E-state index in [0.29, 0.717) is 5.92 Å². The first-order chi connectivity index (χ1) is 8.65. The molecule has 0 fully saturated rings. The molecule has 0 saturated heterocycles. The van der Waals surface area contributed by atoms with Crippen LogP contribution in [0.25, 0.3) is 0 Å². The predicted molar refractivity (Wildman–Crippen MR) is 77.0 cm³/mol. The van der Waals surface area contributed by atoms with Crippen LogP contribution >= 0.6 is 0 Å². The molecule has 0 spiro atoms. The molecule has 1 aromatic rings. The summed E-state index contributed by atoms with van der Waals surface area (Å²) < 4.78 is 5.16. The Morgan fingerprint density at radius 3 is 2.50 bits per heavy atom. The van der Waals surface area contributed by atoms with E-state index in [1.165, 1.54) is 5.56 Å². The zero-order chi connectivity index (χ0) is 13.4. The Morgan fingerprint density at radius 2 is 1.94 bits per heavy atom. The van der Waals surface area contributed by atoms with Crippen molar-refractivity contribution in [1.82, 2.24) is 10.2 Å².